The van der Waals surface area contributed by atoms with Gasteiger partial charge in [-0.1, -0.05) is 30.3 Å². The van der Waals surface area contributed by atoms with Crippen LogP contribution in [0.3, 0.4) is 0 Å². The molecule has 1 aliphatic heterocycles. The molecule has 0 saturated heterocycles. The van der Waals surface area contributed by atoms with Gasteiger partial charge in [-0.3, -0.25) is 0 Å². The average Bonchev–Trinajstić information content (AvgIpc) is 2.67. The Bertz CT molecular complexity index is 398. The van der Waals surface area contributed by atoms with Gasteiger partial charge in [0.2, 0.25) is 0 Å². The van der Waals surface area contributed by atoms with Crippen molar-refractivity contribution in [3.63, 3.8) is 0 Å². The molecule has 0 saturated carbocycles. The lowest BCUT2D eigenvalue weighted by molar-refractivity contribution is -0.534. The second-order valence-electron chi connectivity index (χ2n) is 3.37. The lowest BCUT2D eigenvalue weighted by atomic mass is 10.2. The van der Waals surface area contributed by atoms with Gasteiger partial charge in [0.25, 0.3) is 0 Å². The lowest BCUT2D eigenvalue weighted by Crippen LogP contribution is -2.23. The van der Waals surface area contributed by atoms with E-state index in [1.807, 2.05) is 30.3 Å². The van der Waals surface area contributed by atoms with Gasteiger partial charge in [-0.2, -0.15) is 4.58 Å². The molecule has 0 amide bonds. The van der Waals surface area contributed by atoms with Crippen molar-refractivity contribution in [3.8, 4) is 0 Å². The van der Waals surface area contributed by atoms with Crippen LogP contribution in [0, 0.1) is 0 Å². The van der Waals surface area contributed by atoms with Crippen molar-refractivity contribution >= 4 is 11.9 Å². The molecule has 0 radical (unpaired) electrons. The van der Waals surface area contributed by atoms with Crippen LogP contribution in [0.4, 0.5) is 0 Å². The Labute approximate surface area is 87.4 Å². The van der Waals surface area contributed by atoms with Crippen molar-refractivity contribution in [2.24, 2.45) is 0 Å². The summed E-state index contributed by atoms with van der Waals surface area (Å²) in [5.41, 5.74) is 1.08. The quantitative estimate of drug-likeness (QED) is 0.741. The average molecular weight is 206 g/mol. The van der Waals surface area contributed by atoms with Gasteiger partial charge in [0, 0.05) is 5.56 Å². The van der Waals surface area contributed by atoms with Gasteiger partial charge in [-0.05, 0) is 0 Å². The zero-order valence-electron chi connectivity index (χ0n) is 8.22. The van der Waals surface area contributed by atoms with Gasteiger partial charge in [0.05, 0.1) is 0 Å². The van der Waals surface area contributed by atoms with Crippen LogP contribution in [0.15, 0.2) is 30.3 Å². The van der Waals surface area contributed by atoms with E-state index in [9.17, 15) is 4.79 Å². The second kappa shape index (κ2) is 4.13. The van der Waals surface area contributed by atoms with Crippen LogP contribution < -0.4 is 0 Å². The summed E-state index contributed by atoms with van der Waals surface area (Å²) in [6, 6.07) is 9.75. The van der Waals surface area contributed by atoms with Gasteiger partial charge in [-0.25, -0.2) is 4.79 Å². The van der Waals surface area contributed by atoms with Crippen molar-refractivity contribution in [1.82, 2.24) is 0 Å². The number of carbonyl (C=O) groups is 1. The molecule has 0 aliphatic carbocycles. The number of aliphatic carboxylic acids is 1. The molecule has 4 heteroatoms. The van der Waals surface area contributed by atoms with E-state index in [-0.39, 0.29) is 5.90 Å². The van der Waals surface area contributed by atoms with E-state index < -0.39 is 5.97 Å². The van der Waals surface area contributed by atoms with E-state index in [2.05, 4.69) is 0 Å². The molecule has 0 unspecified atom stereocenters. The van der Waals surface area contributed by atoms with Gasteiger partial charge in [0.15, 0.2) is 19.7 Å². The number of hydrogen-bond acceptors (Lipinski definition) is 2. The summed E-state index contributed by atoms with van der Waals surface area (Å²) in [5.74, 6) is -0.942. The highest BCUT2D eigenvalue weighted by Gasteiger charge is 2.30. The van der Waals surface area contributed by atoms with E-state index in [4.69, 9.17) is 9.84 Å². The predicted molar refractivity (Wildman–Crippen MR) is 53.9 cm³/mol. The maximum Gasteiger partial charge on any atom is 0.451 e. The van der Waals surface area contributed by atoms with Crippen LogP contribution in [0.2, 0.25) is 0 Å². The molecule has 1 N–H and O–H groups in total. The summed E-state index contributed by atoms with van der Waals surface area (Å²) in [4.78, 5) is 10.8. The monoisotopic (exact) mass is 206 g/mol. The van der Waals surface area contributed by atoms with E-state index in [0.717, 1.165) is 5.56 Å². The summed E-state index contributed by atoms with van der Waals surface area (Å²) in [6.45, 7) is 1.67. The van der Waals surface area contributed by atoms with Gasteiger partial charge >= 0.3 is 11.9 Å². The highest BCUT2D eigenvalue weighted by Crippen LogP contribution is 2.04. The Morgan fingerprint density at radius 1 is 1.40 bits per heavy atom. The maximum atomic E-state index is 10.8. The maximum absolute atomic E-state index is 10.8. The number of hydrogen-bond donors (Lipinski definition) is 1. The molecule has 0 spiro atoms. The minimum absolute atomic E-state index is 0.0545. The molecule has 0 fully saturated rings. The van der Waals surface area contributed by atoms with Gasteiger partial charge in [0.1, 0.15) is 0 Å². The van der Waals surface area contributed by atoms with Crippen molar-refractivity contribution in [2.75, 3.05) is 13.2 Å². The third-order valence-electron chi connectivity index (χ3n) is 2.29. The normalized spacial score (nSPS) is 15.2. The number of benzene rings is 1. The van der Waals surface area contributed by atoms with Crippen molar-refractivity contribution < 1.29 is 19.2 Å². The Hall–Kier alpha value is -1.84. The molecule has 0 atom stereocenters. The Kier molecular flexibility index (Phi) is 2.67. The van der Waals surface area contributed by atoms with Crippen LogP contribution in [-0.2, 0) is 16.1 Å². The first-order valence-corrected chi connectivity index (χ1v) is 4.79. The lowest BCUT2D eigenvalue weighted by Gasteiger charge is -1.97. The molecule has 0 bridgehead atoms. The summed E-state index contributed by atoms with van der Waals surface area (Å²) in [6.07, 6.45) is 0. The summed E-state index contributed by atoms with van der Waals surface area (Å²) in [5, 5.41) is 8.86. The zero-order chi connectivity index (χ0) is 10.7. The van der Waals surface area contributed by atoms with Crippen LogP contribution in [-0.4, -0.2) is 34.7 Å². The molecule has 2 rings (SSSR count). The second-order valence-corrected chi connectivity index (χ2v) is 3.37. The highest BCUT2D eigenvalue weighted by molar-refractivity contribution is 6.29. The minimum Gasteiger partial charge on any atom is -0.471 e. The molecular weight excluding hydrogens is 194 g/mol. The van der Waals surface area contributed by atoms with Crippen molar-refractivity contribution in [2.45, 2.75) is 6.54 Å². The number of carboxylic acid groups (broad SMARTS) is 1. The van der Waals surface area contributed by atoms with E-state index in [1.54, 1.807) is 4.58 Å². The molecular formula is C11H12NO3+. The third kappa shape index (κ3) is 2.15. The number of carboxylic acids is 1. The summed E-state index contributed by atoms with van der Waals surface area (Å²) >= 11 is 0. The van der Waals surface area contributed by atoms with Crippen molar-refractivity contribution in [3.05, 3.63) is 35.9 Å². The molecule has 1 heterocycles. The van der Waals surface area contributed by atoms with Crippen LogP contribution in [0.5, 0.6) is 0 Å². The summed E-state index contributed by atoms with van der Waals surface area (Å²) in [7, 11) is 0. The Morgan fingerprint density at radius 2 is 2.13 bits per heavy atom. The first-order chi connectivity index (χ1) is 7.27. The van der Waals surface area contributed by atoms with Gasteiger partial charge < -0.3 is 9.84 Å². The predicted octanol–water partition coefficient (Wildman–Crippen LogP) is 0.712. The van der Waals surface area contributed by atoms with E-state index >= 15 is 0 Å². The SMILES string of the molecule is O=C(O)C1=[N+](Cc2ccccc2)CCO1. The standard InChI is InChI=1S/C11H11NO3/c13-11(14)10-12(6-7-15-10)8-9-4-2-1-3-5-9/h1-5H,6-8H2/p+1. The van der Waals surface area contributed by atoms with E-state index in [0.29, 0.717) is 19.7 Å². The Balaban J connectivity index is 2.18. The number of rotatable bonds is 3. The van der Waals surface area contributed by atoms with Crippen molar-refractivity contribution in [1.29, 1.82) is 0 Å². The fourth-order valence-corrected chi connectivity index (χ4v) is 1.60. The largest absolute Gasteiger partial charge is 0.471 e. The number of ether oxygens (including phenoxy) is 1. The molecule has 78 valence electrons. The first-order valence-electron chi connectivity index (χ1n) is 4.79. The molecule has 1 aromatic carbocycles. The van der Waals surface area contributed by atoms with Gasteiger partial charge in [-0.15, -0.1) is 0 Å². The van der Waals surface area contributed by atoms with Crippen LogP contribution in [0.25, 0.3) is 0 Å². The highest BCUT2D eigenvalue weighted by atomic mass is 16.5. The first kappa shape index (κ1) is 9.71. The van der Waals surface area contributed by atoms with Crippen LogP contribution >= 0.6 is 0 Å². The molecule has 0 aromatic heterocycles. The van der Waals surface area contributed by atoms with Crippen LogP contribution in [0.1, 0.15) is 5.56 Å². The zero-order valence-corrected chi connectivity index (χ0v) is 8.22. The number of nitrogens with zero attached hydrogens (tertiary/aromatic N) is 1. The molecule has 4 nitrogen and oxygen atoms in total. The topological polar surface area (TPSA) is 49.5 Å². The fourth-order valence-electron chi connectivity index (χ4n) is 1.60. The fraction of sp³-hybridized carbons (Fsp3) is 0.273. The summed E-state index contributed by atoms with van der Waals surface area (Å²) < 4.78 is 6.78. The molecule has 1 aromatic rings. The Morgan fingerprint density at radius 3 is 2.80 bits per heavy atom. The minimum atomic E-state index is -0.997. The third-order valence-corrected chi connectivity index (χ3v) is 2.29. The van der Waals surface area contributed by atoms with E-state index in [1.165, 1.54) is 0 Å². The molecule has 1 aliphatic rings. The smallest absolute Gasteiger partial charge is 0.451 e. The molecule has 15 heavy (non-hydrogen) atoms.